The van der Waals surface area contributed by atoms with Gasteiger partial charge in [-0.3, -0.25) is 4.99 Å². The number of para-hydroxylation sites is 1. The van der Waals surface area contributed by atoms with E-state index in [1.54, 1.807) is 20.2 Å². The highest BCUT2D eigenvalue weighted by atomic mass is 32.2. The summed E-state index contributed by atoms with van der Waals surface area (Å²) >= 11 is 0. The van der Waals surface area contributed by atoms with Crippen LogP contribution < -0.4 is 15.4 Å². The Morgan fingerprint density at radius 2 is 1.89 bits per heavy atom. The molecule has 0 aliphatic rings. The van der Waals surface area contributed by atoms with Crippen LogP contribution in [-0.2, 0) is 16.4 Å². The van der Waals surface area contributed by atoms with Crippen LogP contribution in [0.2, 0.25) is 0 Å². The topological polar surface area (TPSA) is 79.8 Å². The number of rotatable bonds is 7. The van der Waals surface area contributed by atoms with Crippen molar-refractivity contribution in [3.8, 4) is 5.75 Å². The summed E-state index contributed by atoms with van der Waals surface area (Å²) in [6.45, 7) is 5.19. The third kappa shape index (κ3) is 5.73. The van der Waals surface area contributed by atoms with Gasteiger partial charge in [0.2, 0.25) is 0 Å². The number of aliphatic imine (C=N–C) groups is 1. The van der Waals surface area contributed by atoms with Gasteiger partial charge in [0.1, 0.15) is 5.75 Å². The first kappa shape index (κ1) is 21.8. The highest BCUT2D eigenvalue weighted by Crippen LogP contribution is 2.25. The highest BCUT2D eigenvalue weighted by molar-refractivity contribution is 7.90. The number of nitrogens with one attached hydrogen (secondary N) is 2. The lowest BCUT2D eigenvalue weighted by Gasteiger charge is -2.18. The van der Waals surface area contributed by atoms with Gasteiger partial charge in [-0.1, -0.05) is 37.3 Å². The molecule has 1 unspecified atom stereocenters. The quantitative estimate of drug-likeness (QED) is 0.549. The standard InChI is InChI=1S/C21H29N3O3S/c1-15-12-17(10-11-20(15)28(5,25)26)14-24-21(22-3)23-13-16(2)18-8-6-7-9-19(18)27-4/h6-12,16H,13-14H2,1-5H3,(H2,22,23,24). The summed E-state index contributed by atoms with van der Waals surface area (Å²) in [7, 11) is 0.197. The Balaban J connectivity index is 1.96. The van der Waals surface area contributed by atoms with Gasteiger partial charge in [0.05, 0.1) is 12.0 Å². The van der Waals surface area contributed by atoms with E-state index in [9.17, 15) is 8.42 Å². The molecule has 0 spiro atoms. The minimum absolute atomic E-state index is 0.242. The van der Waals surface area contributed by atoms with Crippen molar-refractivity contribution >= 4 is 15.8 Å². The summed E-state index contributed by atoms with van der Waals surface area (Å²) in [6, 6.07) is 13.3. The third-order valence-electron chi connectivity index (χ3n) is 4.57. The molecule has 0 saturated heterocycles. The maximum atomic E-state index is 11.7. The summed E-state index contributed by atoms with van der Waals surface area (Å²) in [5.41, 5.74) is 2.88. The molecule has 1 atom stereocenters. The van der Waals surface area contributed by atoms with Crippen molar-refractivity contribution in [2.45, 2.75) is 31.2 Å². The van der Waals surface area contributed by atoms with Crippen molar-refractivity contribution in [2.75, 3.05) is 27.0 Å². The average Bonchev–Trinajstić information content (AvgIpc) is 2.66. The van der Waals surface area contributed by atoms with Crippen LogP contribution in [0.1, 0.15) is 29.5 Å². The van der Waals surface area contributed by atoms with Gasteiger partial charge in [-0.15, -0.1) is 0 Å². The molecule has 2 N–H and O–H groups in total. The van der Waals surface area contributed by atoms with Crippen molar-refractivity contribution in [3.05, 3.63) is 59.2 Å². The van der Waals surface area contributed by atoms with E-state index in [-0.39, 0.29) is 5.92 Å². The Hall–Kier alpha value is -2.54. The largest absolute Gasteiger partial charge is 0.496 e. The molecule has 2 aromatic rings. The van der Waals surface area contributed by atoms with Gasteiger partial charge in [0.25, 0.3) is 0 Å². The highest BCUT2D eigenvalue weighted by Gasteiger charge is 2.13. The van der Waals surface area contributed by atoms with E-state index >= 15 is 0 Å². The smallest absolute Gasteiger partial charge is 0.191 e. The Labute approximate surface area is 168 Å². The fraction of sp³-hybridized carbons (Fsp3) is 0.381. The molecule has 0 bridgehead atoms. The molecular weight excluding hydrogens is 374 g/mol. The minimum atomic E-state index is -3.20. The Kier molecular flexibility index (Phi) is 7.45. The summed E-state index contributed by atoms with van der Waals surface area (Å²) in [5, 5.41) is 6.59. The fourth-order valence-electron chi connectivity index (χ4n) is 3.08. The van der Waals surface area contributed by atoms with Crippen LogP contribution in [0.3, 0.4) is 0 Å². The monoisotopic (exact) mass is 403 g/mol. The molecule has 0 radical (unpaired) electrons. The van der Waals surface area contributed by atoms with Crippen molar-refractivity contribution < 1.29 is 13.2 Å². The zero-order valence-electron chi connectivity index (χ0n) is 17.1. The Morgan fingerprint density at radius 1 is 1.18 bits per heavy atom. The van der Waals surface area contributed by atoms with Crippen LogP contribution >= 0.6 is 0 Å². The molecule has 0 aliphatic carbocycles. The van der Waals surface area contributed by atoms with Crippen molar-refractivity contribution in [2.24, 2.45) is 4.99 Å². The maximum absolute atomic E-state index is 11.7. The van der Waals surface area contributed by atoms with Gasteiger partial charge >= 0.3 is 0 Å². The van der Waals surface area contributed by atoms with Crippen LogP contribution in [0.25, 0.3) is 0 Å². The molecule has 152 valence electrons. The predicted octanol–water partition coefficient (Wildman–Crippen LogP) is 2.88. The number of hydrogen-bond acceptors (Lipinski definition) is 4. The molecule has 2 rings (SSSR count). The fourth-order valence-corrected chi connectivity index (χ4v) is 4.04. The SMILES string of the molecule is CN=C(NCc1ccc(S(C)(=O)=O)c(C)c1)NCC(C)c1ccccc1OC. The maximum Gasteiger partial charge on any atom is 0.191 e. The van der Waals surface area contributed by atoms with E-state index in [0.717, 1.165) is 22.4 Å². The van der Waals surface area contributed by atoms with Gasteiger partial charge in [-0.2, -0.15) is 0 Å². The van der Waals surface area contributed by atoms with Crippen molar-refractivity contribution in [1.82, 2.24) is 10.6 Å². The van der Waals surface area contributed by atoms with E-state index in [4.69, 9.17) is 4.74 Å². The Bertz CT molecular complexity index is 940. The van der Waals surface area contributed by atoms with Gasteiger partial charge in [-0.05, 0) is 35.7 Å². The second-order valence-corrected chi connectivity index (χ2v) is 8.81. The second kappa shape index (κ2) is 9.59. The first-order valence-corrected chi connectivity index (χ1v) is 11.0. The van der Waals surface area contributed by atoms with Crippen LogP contribution in [-0.4, -0.2) is 41.3 Å². The van der Waals surface area contributed by atoms with E-state index in [0.29, 0.717) is 23.9 Å². The normalized spacial score (nSPS) is 13.1. The number of methoxy groups -OCH3 is 1. The van der Waals surface area contributed by atoms with Crippen molar-refractivity contribution in [3.63, 3.8) is 0 Å². The number of ether oxygens (including phenoxy) is 1. The molecule has 2 aromatic carbocycles. The first-order chi connectivity index (χ1) is 13.3. The molecule has 0 aromatic heterocycles. The summed E-state index contributed by atoms with van der Waals surface area (Å²) in [5.74, 6) is 1.80. The van der Waals surface area contributed by atoms with Gasteiger partial charge in [0.15, 0.2) is 15.8 Å². The first-order valence-electron chi connectivity index (χ1n) is 9.13. The van der Waals surface area contributed by atoms with E-state index in [2.05, 4.69) is 28.6 Å². The third-order valence-corrected chi connectivity index (χ3v) is 5.82. The molecule has 0 fully saturated rings. The zero-order valence-corrected chi connectivity index (χ0v) is 17.9. The lowest BCUT2D eigenvalue weighted by molar-refractivity contribution is 0.406. The lowest BCUT2D eigenvalue weighted by atomic mass is 10.0. The number of benzene rings is 2. The molecule has 0 amide bonds. The van der Waals surface area contributed by atoms with E-state index in [1.165, 1.54) is 6.26 Å². The van der Waals surface area contributed by atoms with Crippen LogP contribution in [0.15, 0.2) is 52.4 Å². The predicted molar refractivity (Wildman–Crippen MR) is 114 cm³/mol. The molecule has 0 saturated carbocycles. The minimum Gasteiger partial charge on any atom is -0.496 e. The molecule has 0 heterocycles. The van der Waals surface area contributed by atoms with Gasteiger partial charge < -0.3 is 15.4 Å². The van der Waals surface area contributed by atoms with Gasteiger partial charge in [0, 0.05) is 32.3 Å². The summed E-state index contributed by atoms with van der Waals surface area (Å²) in [4.78, 5) is 4.62. The molecule has 7 heteroatoms. The Morgan fingerprint density at radius 3 is 2.50 bits per heavy atom. The average molecular weight is 404 g/mol. The number of aryl methyl sites for hydroxylation is 1. The van der Waals surface area contributed by atoms with Crippen LogP contribution in [0.4, 0.5) is 0 Å². The number of sulfone groups is 1. The van der Waals surface area contributed by atoms with Crippen LogP contribution in [0.5, 0.6) is 5.75 Å². The molecule has 0 aliphatic heterocycles. The molecular formula is C21H29N3O3S. The van der Waals surface area contributed by atoms with E-state index < -0.39 is 9.84 Å². The number of hydrogen-bond donors (Lipinski definition) is 2. The zero-order chi connectivity index (χ0) is 20.7. The number of guanidine groups is 1. The van der Waals surface area contributed by atoms with Crippen LogP contribution in [0, 0.1) is 6.92 Å². The summed E-state index contributed by atoms with van der Waals surface area (Å²) in [6.07, 6.45) is 1.22. The summed E-state index contributed by atoms with van der Waals surface area (Å²) < 4.78 is 28.9. The van der Waals surface area contributed by atoms with Crippen molar-refractivity contribution in [1.29, 1.82) is 0 Å². The second-order valence-electron chi connectivity index (χ2n) is 6.82. The molecule has 28 heavy (non-hydrogen) atoms. The number of nitrogens with zero attached hydrogens (tertiary/aromatic N) is 1. The van der Waals surface area contributed by atoms with Gasteiger partial charge in [-0.25, -0.2) is 8.42 Å². The van der Waals surface area contributed by atoms with E-state index in [1.807, 2.05) is 37.3 Å². The molecule has 6 nitrogen and oxygen atoms in total. The lowest BCUT2D eigenvalue weighted by Crippen LogP contribution is -2.38.